The van der Waals surface area contributed by atoms with E-state index in [9.17, 15) is 0 Å². The smallest absolute Gasteiger partial charge is 0.168 e. The Balaban J connectivity index is 1.32. The number of aromatic nitrogens is 2. The number of hydrogen-bond acceptors (Lipinski definition) is 4. The second kappa shape index (κ2) is 9.34. The second-order valence-corrected chi connectivity index (χ2v) is 7.98. The highest BCUT2D eigenvalue weighted by atomic mass is 32.1. The van der Waals surface area contributed by atoms with Crippen LogP contribution >= 0.6 is 12.2 Å². The Morgan fingerprint density at radius 1 is 1.20 bits per heavy atom. The molecule has 1 aliphatic rings. The number of H-pyrrole nitrogens is 1. The Morgan fingerprint density at radius 2 is 2.03 bits per heavy atom. The van der Waals surface area contributed by atoms with E-state index in [1.165, 1.54) is 5.56 Å². The largest absolute Gasteiger partial charge is 0.493 e. The van der Waals surface area contributed by atoms with Crippen molar-refractivity contribution in [3.05, 3.63) is 53.9 Å². The number of benzene rings is 2. The van der Waals surface area contributed by atoms with E-state index >= 15 is 0 Å². The van der Waals surface area contributed by atoms with Gasteiger partial charge in [0.2, 0.25) is 0 Å². The maximum atomic E-state index is 5.68. The first-order valence-electron chi connectivity index (χ1n) is 10.4. The average Bonchev–Trinajstić information content (AvgIpc) is 3.23. The predicted molar refractivity (Wildman–Crippen MR) is 123 cm³/mol. The van der Waals surface area contributed by atoms with Gasteiger partial charge in [0.05, 0.1) is 25.3 Å². The molecular weight excluding hydrogens is 396 g/mol. The molecule has 6 nitrogen and oxygen atoms in total. The van der Waals surface area contributed by atoms with E-state index < -0.39 is 0 Å². The van der Waals surface area contributed by atoms with Gasteiger partial charge in [0, 0.05) is 25.6 Å². The third kappa shape index (κ3) is 4.51. The number of fused-ring (bicyclic) bond motifs is 1. The molecule has 1 atom stereocenters. The van der Waals surface area contributed by atoms with Crippen molar-refractivity contribution in [2.24, 2.45) is 0 Å². The van der Waals surface area contributed by atoms with Gasteiger partial charge in [-0.1, -0.05) is 18.2 Å². The van der Waals surface area contributed by atoms with Gasteiger partial charge in [-0.25, -0.2) is 4.98 Å². The van der Waals surface area contributed by atoms with Gasteiger partial charge in [0.25, 0.3) is 0 Å². The van der Waals surface area contributed by atoms with Gasteiger partial charge in [-0.3, -0.25) is 0 Å². The average molecular weight is 425 g/mol. The van der Waals surface area contributed by atoms with Crippen molar-refractivity contribution in [3.63, 3.8) is 0 Å². The molecule has 2 N–H and O–H groups in total. The van der Waals surface area contributed by atoms with Crippen molar-refractivity contribution in [1.82, 2.24) is 20.2 Å². The number of hydrogen-bond donors (Lipinski definition) is 2. The number of aromatic amines is 1. The van der Waals surface area contributed by atoms with Crippen molar-refractivity contribution in [3.8, 4) is 11.5 Å². The van der Waals surface area contributed by atoms with Gasteiger partial charge in [-0.05, 0) is 61.3 Å². The summed E-state index contributed by atoms with van der Waals surface area (Å²) in [6, 6.07) is 14.2. The summed E-state index contributed by atoms with van der Waals surface area (Å²) in [7, 11) is 3.30. The molecule has 0 aliphatic carbocycles. The van der Waals surface area contributed by atoms with Gasteiger partial charge in [-0.2, -0.15) is 0 Å². The minimum atomic E-state index is 0.372. The number of ether oxygens (including phenoxy) is 2. The van der Waals surface area contributed by atoms with Crippen molar-refractivity contribution in [1.29, 1.82) is 0 Å². The molecule has 158 valence electrons. The van der Waals surface area contributed by atoms with E-state index in [4.69, 9.17) is 26.7 Å². The van der Waals surface area contributed by atoms with Crippen LogP contribution in [0, 0.1) is 0 Å². The minimum Gasteiger partial charge on any atom is -0.493 e. The molecule has 4 rings (SSSR count). The Hall–Kier alpha value is -2.80. The van der Waals surface area contributed by atoms with E-state index in [2.05, 4.69) is 33.4 Å². The summed E-state index contributed by atoms with van der Waals surface area (Å²) >= 11 is 5.68. The van der Waals surface area contributed by atoms with Crippen LogP contribution in [0.5, 0.6) is 11.5 Å². The first-order valence-corrected chi connectivity index (χ1v) is 10.8. The molecule has 2 heterocycles. The van der Waals surface area contributed by atoms with Crippen LogP contribution in [0.25, 0.3) is 11.0 Å². The molecule has 1 saturated heterocycles. The van der Waals surface area contributed by atoms with Gasteiger partial charge in [0.15, 0.2) is 16.6 Å². The predicted octanol–water partition coefficient (Wildman–Crippen LogP) is 3.88. The molecule has 7 heteroatoms. The number of nitrogens with one attached hydrogen (secondary N) is 2. The van der Waals surface area contributed by atoms with Gasteiger partial charge in [-0.15, -0.1) is 0 Å². The summed E-state index contributed by atoms with van der Waals surface area (Å²) in [6.07, 6.45) is 3.10. The summed E-state index contributed by atoms with van der Waals surface area (Å²) < 4.78 is 10.7. The first-order chi connectivity index (χ1) is 14.7. The fourth-order valence-electron chi connectivity index (χ4n) is 4.01. The highest BCUT2D eigenvalue weighted by molar-refractivity contribution is 7.80. The molecule has 0 amide bonds. The SMILES string of the molecule is COc1ccc(CCNC(=S)N2CCC[C@@H](c3nc4ccccc4[nH]3)C2)cc1OC. The molecule has 0 unspecified atom stereocenters. The van der Waals surface area contributed by atoms with Crippen LogP contribution in [0.2, 0.25) is 0 Å². The number of thiocarbonyl (C=S) groups is 1. The molecular formula is C23H28N4O2S. The summed E-state index contributed by atoms with van der Waals surface area (Å²) in [5.41, 5.74) is 3.31. The maximum Gasteiger partial charge on any atom is 0.168 e. The van der Waals surface area contributed by atoms with E-state index in [0.29, 0.717) is 5.92 Å². The first kappa shape index (κ1) is 20.5. The molecule has 0 radical (unpaired) electrons. The van der Waals surface area contributed by atoms with Crippen LogP contribution in [0.3, 0.4) is 0 Å². The summed E-state index contributed by atoms with van der Waals surface area (Å²) in [5, 5.41) is 4.24. The standard InChI is InChI=1S/C23H28N4O2S/c1-28-20-10-9-16(14-21(20)29-2)11-12-24-23(30)27-13-5-6-17(15-27)22-25-18-7-3-4-8-19(18)26-22/h3-4,7-10,14,17H,5-6,11-13,15H2,1-2H3,(H,24,30)(H,25,26)/t17-/m1/s1. The molecule has 1 aromatic heterocycles. The highest BCUT2D eigenvalue weighted by Crippen LogP contribution is 2.28. The Labute approximate surface area is 182 Å². The van der Waals surface area contributed by atoms with E-state index in [-0.39, 0.29) is 0 Å². The van der Waals surface area contributed by atoms with Crippen LogP contribution in [-0.4, -0.2) is 53.8 Å². The third-order valence-electron chi connectivity index (χ3n) is 5.64. The number of likely N-dealkylation sites (tertiary alicyclic amines) is 1. The lowest BCUT2D eigenvalue weighted by molar-refractivity contribution is 0.300. The number of rotatable bonds is 6. The Bertz CT molecular complexity index is 986. The second-order valence-electron chi connectivity index (χ2n) is 7.60. The monoisotopic (exact) mass is 424 g/mol. The minimum absolute atomic E-state index is 0.372. The van der Waals surface area contributed by atoms with E-state index in [1.807, 2.05) is 24.3 Å². The number of imidazole rings is 1. The van der Waals surface area contributed by atoms with Crippen molar-refractivity contribution < 1.29 is 9.47 Å². The normalized spacial score (nSPS) is 16.5. The van der Waals surface area contributed by atoms with Gasteiger partial charge < -0.3 is 24.7 Å². The fraction of sp³-hybridized carbons (Fsp3) is 0.391. The molecule has 3 aromatic rings. The Kier molecular flexibility index (Phi) is 6.38. The van der Waals surface area contributed by atoms with Crippen LogP contribution in [0.15, 0.2) is 42.5 Å². The molecule has 2 aromatic carbocycles. The lowest BCUT2D eigenvalue weighted by Crippen LogP contribution is -2.45. The molecule has 1 aliphatic heterocycles. The van der Waals surface area contributed by atoms with Crippen LogP contribution in [-0.2, 0) is 6.42 Å². The van der Waals surface area contributed by atoms with Crippen molar-refractivity contribution in [2.75, 3.05) is 33.9 Å². The van der Waals surface area contributed by atoms with E-state index in [0.717, 1.165) is 72.4 Å². The topological polar surface area (TPSA) is 62.4 Å². The number of nitrogens with zero attached hydrogens (tertiary/aromatic N) is 2. The number of para-hydroxylation sites is 2. The summed E-state index contributed by atoms with van der Waals surface area (Å²) in [6.45, 7) is 2.65. The van der Waals surface area contributed by atoms with E-state index in [1.54, 1.807) is 14.2 Å². The quantitative estimate of drug-likeness (QED) is 0.586. The lowest BCUT2D eigenvalue weighted by Gasteiger charge is -2.33. The fourth-order valence-corrected chi connectivity index (χ4v) is 4.28. The summed E-state index contributed by atoms with van der Waals surface area (Å²) in [5.74, 6) is 2.93. The van der Waals surface area contributed by atoms with Crippen LogP contribution < -0.4 is 14.8 Å². The lowest BCUT2D eigenvalue weighted by atomic mass is 9.98. The molecule has 1 fully saturated rings. The van der Waals surface area contributed by atoms with Gasteiger partial charge >= 0.3 is 0 Å². The Morgan fingerprint density at radius 3 is 2.83 bits per heavy atom. The zero-order chi connectivity index (χ0) is 20.9. The number of piperidine rings is 1. The molecule has 0 spiro atoms. The molecule has 0 bridgehead atoms. The molecule has 0 saturated carbocycles. The van der Waals surface area contributed by atoms with Crippen molar-refractivity contribution >= 4 is 28.4 Å². The summed E-state index contributed by atoms with van der Waals surface area (Å²) in [4.78, 5) is 10.5. The van der Waals surface area contributed by atoms with Crippen LogP contribution in [0.4, 0.5) is 0 Å². The maximum absolute atomic E-state index is 5.68. The zero-order valence-corrected chi connectivity index (χ0v) is 18.3. The zero-order valence-electron chi connectivity index (χ0n) is 17.5. The molecule has 30 heavy (non-hydrogen) atoms. The van der Waals surface area contributed by atoms with Gasteiger partial charge in [0.1, 0.15) is 5.82 Å². The number of methoxy groups -OCH3 is 2. The third-order valence-corrected chi connectivity index (χ3v) is 6.04. The van der Waals surface area contributed by atoms with Crippen LogP contribution in [0.1, 0.15) is 30.1 Å². The van der Waals surface area contributed by atoms with Crippen molar-refractivity contribution in [2.45, 2.75) is 25.2 Å². The highest BCUT2D eigenvalue weighted by Gasteiger charge is 2.25.